The van der Waals surface area contributed by atoms with Crippen LogP contribution in [-0.2, 0) is 5.75 Å². The zero-order valence-corrected chi connectivity index (χ0v) is 16.3. The number of nitrogens with zero attached hydrogens (tertiary/aromatic N) is 4. The highest BCUT2D eigenvalue weighted by Gasteiger charge is 2.16. The Balaban J connectivity index is 1.73. The van der Waals surface area contributed by atoms with Gasteiger partial charge < -0.3 is 0 Å². The summed E-state index contributed by atoms with van der Waals surface area (Å²) in [7, 11) is 0. The van der Waals surface area contributed by atoms with Crippen LogP contribution >= 0.6 is 23.4 Å². The van der Waals surface area contributed by atoms with E-state index in [-0.39, 0.29) is 0 Å². The summed E-state index contributed by atoms with van der Waals surface area (Å²) in [6.45, 7) is 2.08. The maximum absolute atomic E-state index is 6.10. The van der Waals surface area contributed by atoms with Crippen molar-refractivity contribution >= 4 is 23.4 Å². The molecular formula is C21H17ClN4S. The molecule has 4 nitrogen and oxygen atoms in total. The maximum Gasteiger partial charge on any atom is 0.196 e. The van der Waals surface area contributed by atoms with Gasteiger partial charge in [0.1, 0.15) is 0 Å². The Hall–Kier alpha value is -2.63. The molecule has 0 atom stereocenters. The molecule has 0 N–H and O–H groups in total. The summed E-state index contributed by atoms with van der Waals surface area (Å²) >= 11 is 7.74. The molecule has 0 aliphatic rings. The average Bonchev–Trinajstić information content (AvgIpc) is 3.12. The van der Waals surface area contributed by atoms with Gasteiger partial charge in [0.15, 0.2) is 11.0 Å². The van der Waals surface area contributed by atoms with Crippen molar-refractivity contribution in [3.63, 3.8) is 0 Å². The molecule has 4 aromatic rings. The molecule has 0 bridgehead atoms. The van der Waals surface area contributed by atoms with E-state index in [1.807, 2.05) is 30.3 Å². The molecule has 0 radical (unpaired) electrons. The summed E-state index contributed by atoms with van der Waals surface area (Å²) in [5, 5.41) is 10.5. The summed E-state index contributed by atoms with van der Waals surface area (Å²) in [6, 6.07) is 20.1. The molecule has 0 spiro atoms. The molecule has 0 saturated heterocycles. The normalized spacial score (nSPS) is 10.9. The van der Waals surface area contributed by atoms with Crippen LogP contribution in [0.15, 0.2) is 78.2 Å². The van der Waals surface area contributed by atoms with Crippen molar-refractivity contribution in [2.24, 2.45) is 0 Å². The van der Waals surface area contributed by atoms with Gasteiger partial charge in [0.2, 0.25) is 0 Å². The van der Waals surface area contributed by atoms with Crippen molar-refractivity contribution in [3.05, 3.63) is 89.2 Å². The first-order chi connectivity index (χ1) is 13.2. The first-order valence-electron chi connectivity index (χ1n) is 8.51. The van der Waals surface area contributed by atoms with Gasteiger partial charge in [-0.2, -0.15) is 0 Å². The standard InChI is InChI=1S/C21H17ClN4S/c1-15-7-9-19(10-8-15)26-20(17-5-3-11-23-13-17)24-25-21(26)27-14-16-4-2-6-18(22)12-16/h2-13H,14H2,1H3. The third-order valence-corrected chi connectivity index (χ3v) is 5.34. The van der Waals surface area contributed by atoms with E-state index >= 15 is 0 Å². The van der Waals surface area contributed by atoms with E-state index in [9.17, 15) is 0 Å². The van der Waals surface area contributed by atoms with Gasteiger partial charge in [0, 0.05) is 34.4 Å². The number of halogens is 1. The Kier molecular flexibility index (Phi) is 5.23. The van der Waals surface area contributed by atoms with E-state index in [4.69, 9.17) is 11.6 Å². The molecule has 4 rings (SSSR count). The van der Waals surface area contributed by atoms with Crippen LogP contribution in [-0.4, -0.2) is 19.7 Å². The fourth-order valence-corrected chi connectivity index (χ4v) is 3.85. The van der Waals surface area contributed by atoms with Crippen molar-refractivity contribution in [2.45, 2.75) is 17.8 Å². The first-order valence-corrected chi connectivity index (χ1v) is 9.87. The molecule has 0 aliphatic heterocycles. The van der Waals surface area contributed by atoms with Gasteiger partial charge >= 0.3 is 0 Å². The molecule has 2 aromatic heterocycles. The maximum atomic E-state index is 6.10. The number of hydrogen-bond acceptors (Lipinski definition) is 4. The van der Waals surface area contributed by atoms with Gasteiger partial charge in [-0.1, -0.05) is 53.2 Å². The molecule has 0 saturated carbocycles. The quantitative estimate of drug-likeness (QED) is 0.415. The molecule has 2 aromatic carbocycles. The van der Waals surface area contributed by atoms with Crippen LogP contribution in [0.2, 0.25) is 5.02 Å². The minimum absolute atomic E-state index is 0.740. The monoisotopic (exact) mass is 392 g/mol. The van der Waals surface area contributed by atoms with Crippen molar-refractivity contribution in [1.82, 2.24) is 19.7 Å². The third kappa shape index (κ3) is 4.04. The zero-order chi connectivity index (χ0) is 18.6. The van der Waals surface area contributed by atoms with Gasteiger partial charge in [-0.05, 0) is 48.9 Å². The van der Waals surface area contributed by atoms with E-state index in [0.717, 1.165) is 38.6 Å². The summed E-state index contributed by atoms with van der Waals surface area (Å²) in [5.74, 6) is 1.54. The van der Waals surface area contributed by atoms with E-state index in [1.165, 1.54) is 5.56 Å². The lowest BCUT2D eigenvalue weighted by Crippen LogP contribution is -2.00. The first kappa shape index (κ1) is 17.8. The predicted octanol–water partition coefficient (Wildman–Crippen LogP) is 5.58. The molecule has 2 heterocycles. The van der Waals surface area contributed by atoms with Crippen LogP contribution in [0.3, 0.4) is 0 Å². The van der Waals surface area contributed by atoms with Crippen LogP contribution < -0.4 is 0 Å². The lowest BCUT2D eigenvalue weighted by atomic mass is 10.2. The Labute approximate surface area is 167 Å². The van der Waals surface area contributed by atoms with E-state index < -0.39 is 0 Å². The number of benzene rings is 2. The van der Waals surface area contributed by atoms with Crippen molar-refractivity contribution in [1.29, 1.82) is 0 Å². The Morgan fingerprint density at radius 2 is 1.85 bits per heavy atom. The highest BCUT2D eigenvalue weighted by atomic mass is 35.5. The molecule has 0 amide bonds. The number of rotatable bonds is 5. The number of aromatic nitrogens is 4. The van der Waals surface area contributed by atoms with Crippen LogP contribution in [0, 0.1) is 6.92 Å². The van der Waals surface area contributed by atoms with Crippen molar-refractivity contribution in [2.75, 3.05) is 0 Å². The van der Waals surface area contributed by atoms with E-state index in [0.29, 0.717) is 0 Å². The Morgan fingerprint density at radius 3 is 2.59 bits per heavy atom. The Morgan fingerprint density at radius 1 is 1.00 bits per heavy atom. The smallest absolute Gasteiger partial charge is 0.196 e. The number of thioether (sulfide) groups is 1. The van der Waals surface area contributed by atoms with Crippen LogP contribution in [0.1, 0.15) is 11.1 Å². The van der Waals surface area contributed by atoms with Gasteiger partial charge in [-0.3, -0.25) is 9.55 Å². The summed E-state index contributed by atoms with van der Waals surface area (Å²) < 4.78 is 2.08. The number of pyridine rings is 1. The van der Waals surface area contributed by atoms with Crippen LogP contribution in [0.25, 0.3) is 17.1 Å². The third-order valence-electron chi connectivity index (χ3n) is 4.10. The zero-order valence-electron chi connectivity index (χ0n) is 14.7. The molecular weight excluding hydrogens is 376 g/mol. The molecule has 0 unspecified atom stereocenters. The second-order valence-corrected chi connectivity index (χ2v) is 7.52. The highest BCUT2D eigenvalue weighted by molar-refractivity contribution is 7.98. The summed E-state index contributed by atoms with van der Waals surface area (Å²) in [5.41, 5.74) is 4.31. The van der Waals surface area contributed by atoms with E-state index in [1.54, 1.807) is 24.2 Å². The predicted molar refractivity (Wildman–Crippen MR) is 110 cm³/mol. The van der Waals surface area contributed by atoms with Crippen molar-refractivity contribution < 1.29 is 0 Å². The number of hydrogen-bond donors (Lipinski definition) is 0. The highest BCUT2D eigenvalue weighted by Crippen LogP contribution is 2.30. The SMILES string of the molecule is Cc1ccc(-n2c(SCc3cccc(Cl)c3)nnc2-c2cccnc2)cc1. The van der Waals surface area contributed by atoms with Gasteiger partial charge in [0.25, 0.3) is 0 Å². The molecule has 0 aliphatic carbocycles. The molecule has 134 valence electrons. The second kappa shape index (κ2) is 7.94. The molecule has 0 fully saturated rings. The Bertz CT molecular complexity index is 1050. The minimum Gasteiger partial charge on any atom is -0.270 e. The lowest BCUT2D eigenvalue weighted by Gasteiger charge is -2.10. The summed E-state index contributed by atoms with van der Waals surface area (Å²) in [4.78, 5) is 4.22. The largest absolute Gasteiger partial charge is 0.270 e. The van der Waals surface area contributed by atoms with Gasteiger partial charge in [-0.15, -0.1) is 10.2 Å². The topological polar surface area (TPSA) is 43.6 Å². The minimum atomic E-state index is 0.740. The molecule has 27 heavy (non-hydrogen) atoms. The fourth-order valence-electron chi connectivity index (χ4n) is 2.75. The second-order valence-electron chi connectivity index (χ2n) is 6.14. The molecule has 6 heteroatoms. The fraction of sp³-hybridized carbons (Fsp3) is 0.0952. The summed E-state index contributed by atoms with van der Waals surface area (Å²) in [6.07, 6.45) is 3.56. The average molecular weight is 393 g/mol. The lowest BCUT2D eigenvalue weighted by molar-refractivity contribution is 0.885. The van der Waals surface area contributed by atoms with Crippen molar-refractivity contribution in [3.8, 4) is 17.1 Å². The van der Waals surface area contributed by atoms with Gasteiger partial charge in [-0.25, -0.2) is 0 Å². The number of aryl methyl sites for hydroxylation is 1. The van der Waals surface area contributed by atoms with Crippen LogP contribution in [0.5, 0.6) is 0 Å². The van der Waals surface area contributed by atoms with Crippen LogP contribution in [0.4, 0.5) is 0 Å². The van der Waals surface area contributed by atoms with Gasteiger partial charge in [0.05, 0.1) is 0 Å². The van der Waals surface area contributed by atoms with E-state index in [2.05, 4.69) is 57.0 Å².